The molecule has 2 amide bonds. The van der Waals surface area contributed by atoms with Gasteiger partial charge in [-0.25, -0.2) is 0 Å². The van der Waals surface area contributed by atoms with Gasteiger partial charge in [-0.15, -0.1) is 0 Å². The van der Waals surface area contributed by atoms with Crippen LogP contribution in [0.2, 0.25) is 0 Å². The van der Waals surface area contributed by atoms with E-state index in [-0.39, 0.29) is 30.9 Å². The lowest BCUT2D eigenvalue weighted by Gasteiger charge is -2.25. The van der Waals surface area contributed by atoms with Crippen LogP contribution in [0.15, 0.2) is 30.3 Å². The molecule has 0 saturated carbocycles. The van der Waals surface area contributed by atoms with Crippen LogP contribution in [0, 0.1) is 0 Å². The monoisotopic (exact) mass is 304 g/mol. The van der Waals surface area contributed by atoms with Gasteiger partial charge in [0.1, 0.15) is 0 Å². The summed E-state index contributed by atoms with van der Waals surface area (Å²) in [5.41, 5.74) is 6.29. The fraction of sp³-hybridized carbons (Fsp3) is 0.500. The summed E-state index contributed by atoms with van der Waals surface area (Å²) in [7, 11) is 0. The molecule has 0 aliphatic carbocycles. The van der Waals surface area contributed by atoms with E-state index in [1.807, 2.05) is 30.3 Å². The molecular formula is C16H24N4O2. The summed E-state index contributed by atoms with van der Waals surface area (Å²) < 4.78 is 0. The van der Waals surface area contributed by atoms with Crippen molar-refractivity contribution in [1.29, 1.82) is 0 Å². The van der Waals surface area contributed by atoms with Gasteiger partial charge in [0, 0.05) is 6.54 Å². The minimum atomic E-state index is -0.328. The summed E-state index contributed by atoms with van der Waals surface area (Å²) in [6, 6.07) is 9.85. The lowest BCUT2D eigenvalue weighted by atomic mass is 10.1. The van der Waals surface area contributed by atoms with E-state index in [0.717, 1.165) is 25.2 Å². The van der Waals surface area contributed by atoms with Crippen molar-refractivity contribution < 1.29 is 9.59 Å². The van der Waals surface area contributed by atoms with Crippen molar-refractivity contribution >= 4 is 11.8 Å². The van der Waals surface area contributed by atoms with Gasteiger partial charge in [0.15, 0.2) is 0 Å². The van der Waals surface area contributed by atoms with Crippen LogP contribution in [-0.4, -0.2) is 49.4 Å². The number of likely N-dealkylation sites (tertiary alicyclic amines) is 1. The van der Waals surface area contributed by atoms with Crippen molar-refractivity contribution in [3.8, 4) is 0 Å². The van der Waals surface area contributed by atoms with Gasteiger partial charge in [0.2, 0.25) is 11.8 Å². The Hall–Kier alpha value is -1.92. The van der Waals surface area contributed by atoms with Crippen molar-refractivity contribution in [3.63, 3.8) is 0 Å². The van der Waals surface area contributed by atoms with Gasteiger partial charge >= 0.3 is 0 Å². The van der Waals surface area contributed by atoms with Crippen molar-refractivity contribution in [2.75, 3.05) is 32.7 Å². The summed E-state index contributed by atoms with van der Waals surface area (Å²) >= 11 is 0. The van der Waals surface area contributed by atoms with Crippen LogP contribution in [0.5, 0.6) is 0 Å². The van der Waals surface area contributed by atoms with Gasteiger partial charge in [0.25, 0.3) is 0 Å². The summed E-state index contributed by atoms with van der Waals surface area (Å²) in [6.45, 7) is 2.79. The fourth-order valence-corrected chi connectivity index (χ4v) is 2.64. The molecule has 0 spiro atoms. The van der Waals surface area contributed by atoms with E-state index >= 15 is 0 Å². The zero-order valence-electron chi connectivity index (χ0n) is 12.8. The molecule has 1 aliphatic rings. The van der Waals surface area contributed by atoms with E-state index < -0.39 is 0 Å². The molecule has 120 valence electrons. The van der Waals surface area contributed by atoms with Crippen molar-refractivity contribution in [2.45, 2.75) is 18.9 Å². The minimum absolute atomic E-state index is 0.0423. The van der Waals surface area contributed by atoms with Crippen LogP contribution in [0.3, 0.4) is 0 Å². The lowest BCUT2D eigenvalue weighted by molar-refractivity contribution is -0.125. The van der Waals surface area contributed by atoms with Gasteiger partial charge in [-0.3, -0.25) is 9.59 Å². The van der Waals surface area contributed by atoms with Gasteiger partial charge < -0.3 is 21.3 Å². The van der Waals surface area contributed by atoms with Crippen LogP contribution < -0.4 is 16.4 Å². The molecule has 1 saturated heterocycles. The molecule has 0 aromatic heterocycles. The molecule has 0 radical (unpaired) electrons. The maximum atomic E-state index is 12.0. The standard InChI is InChI=1S/C16H24N4O2/c17-10-15(21)18-11-16(22)19-14(12-20-8-4-5-9-20)13-6-2-1-3-7-13/h1-3,6-7,14H,4-5,8-12,17H2,(H,18,21)(H,19,22). The third-order valence-corrected chi connectivity index (χ3v) is 3.81. The van der Waals surface area contributed by atoms with Crippen LogP contribution in [0.4, 0.5) is 0 Å². The molecule has 6 nitrogen and oxygen atoms in total. The number of nitrogens with two attached hydrogens (primary N) is 1. The highest BCUT2D eigenvalue weighted by molar-refractivity contribution is 5.85. The van der Waals surface area contributed by atoms with Crippen LogP contribution in [0.25, 0.3) is 0 Å². The Balaban J connectivity index is 1.94. The number of amides is 2. The molecule has 1 fully saturated rings. The van der Waals surface area contributed by atoms with Crippen LogP contribution in [-0.2, 0) is 9.59 Å². The van der Waals surface area contributed by atoms with Gasteiger partial charge in [-0.1, -0.05) is 30.3 Å². The van der Waals surface area contributed by atoms with Crippen LogP contribution in [0.1, 0.15) is 24.4 Å². The molecule has 22 heavy (non-hydrogen) atoms. The van der Waals surface area contributed by atoms with E-state index in [1.165, 1.54) is 12.8 Å². The number of rotatable bonds is 7. The Morgan fingerprint density at radius 2 is 1.82 bits per heavy atom. The zero-order valence-corrected chi connectivity index (χ0v) is 12.8. The molecule has 1 aromatic rings. The fourth-order valence-electron chi connectivity index (χ4n) is 2.64. The normalized spacial score (nSPS) is 16.2. The molecule has 1 unspecified atom stereocenters. The topological polar surface area (TPSA) is 87.5 Å². The molecule has 1 heterocycles. The summed E-state index contributed by atoms with van der Waals surface area (Å²) in [4.78, 5) is 25.5. The Labute approximate surface area is 131 Å². The Morgan fingerprint density at radius 3 is 2.45 bits per heavy atom. The molecule has 2 rings (SSSR count). The summed E-state index contributed by atoms with van der Waals surface area (Å²) in [5, 5.41) is 5.50. The first-order valence-corrected chi connectivity index (χ1v) is 7.72. The third-order valence-electron chi connectivity index (χ3n) is 3.81. The van der Waals surface area contributed by atoms with E-state index in [1.54, 1.807) is 0 Å². The first-order valence-electron chi connectivity index (χ1n) is 7.72. The second-order valence-corrected chi connectivity index (χ2v) is 5.52. The Bertz CT molecular complexity index is 486. The minimum Gasteiger partial charge on any atom is -0.346 e. The number of benzene rings is 1. The predicted octanol–water partition coefficient (Wildman–Crippen LogP) is 0.0146. The molecule has 4 N–H and O–H groups in total. The quantitative estimate of drug-likeness (QED) is 0.662. The SMILES string of the molecule is NCC(=O)NCC(=O)NC(CN1CCCC1)c1ccccc1. The number of hydrogen-bond acceptors (Lipinski definition) is 4. The summed E-state index contributed by atoms with van der Waals surface area (Å²) in [5.74, 6) is -0.527. The van der Waals surface area contributed by atoms with E-state index in [4.69, 9.17) is 5.73 Å². The average molecular weight is 304 g/mol. The second-order valence-electron chi connectivity index (χ2n) is 5.52. The van der Waals surface area contributed by atoms with Crippen LogP contribution >= 0.6 is 0 Å². The Kier molecular flexibility index (Phi) is 6.36. The molecular weight excluding hydrogens is 280 g/mol. The first kappa shape index (κ1) is 16.5. The second kappa shape index (κ2) is 8.51. The highest BCUT2D eigenvalue weighted by Crippen LogP contribution is 2.17. The largest absolute Gasteiger partial charge is 0.346 e. The maximum absolute atomic E-state index is 12.0. The highest BCUT2D eigenvalue weighted by Gasteiger charge is 2.20. The molecule has 6 heteroatoms. The number of carbonyl (C=O) groups is 2. The van der Waals surface area contributed by atoms with E-state index in [2.05, 4.69) is 15.5 Å². The Morgan fingerprint density at radius 1 is 1.14 bits per heavy atom. The maximum Gasteiger partial charge on any atom is 0.239 e. The number of nitrogens with one attached hydrogen (secondary N) is 2. The third kappa shape index (κ3) is 5.13. The smallest absolute Gasteiger partial charge is 0.239 e. The van der Waals surface area contributed by atoms with Gasteiger partial charge in [-0.05, 0) is 31.5 Å². The van der Waals surface area contributed by atoms with Crippen molar-refractivity contribution in [1.82, 2.24) is 15.5 Å². The number of hydrogen-bond donors (Lipinski definition) is 3. The number of carbonyl (C=O) groups excluding carboxylic acids is 2. The van der Waals surface area contributed by atoms with E-state index in [9.17, 15) is 9.59 Å². The highest BCUT2D eigenvalue weighted by atomic mass is 16.2. The first-order chi connectivity index (χ1) is 10.7. The predicted molar refractivity (Wildman–Crippen MR) is 85.1 cm³/mol. The van der Waals surface area contributed by atoms with Crippen molar-refractivity contribution in [2.24, 2.45) is 5.73 Å². The molecule has 1 aliphatic heterocycles. The van der Waals surface area contributed by atoms with Crippen molar-refractivity contribution in [3.05, 3.63) is 35.9 Å². The summed E-state index contributed by atoms with van der Waals surface area (Å²) in [6.07, 6.45) is 2.42. The molecule has 1 aromatic carbocycles. The molecule has 0 bridgehead atoms. The number of nitrogens with zero attached hydrogens (tertiary/aromatic N) is 1. The van der Waals surface area contributed by atoms with Gasteiger partial charge in [0.05, 0.1) is 19.1 Å². The average Bonchev–Trinajstić information content (AvgIpc) is 3.06. The lowest BCUT2D eigenvalue weighted by Crippen LogP contribution is -2.43. The molecule has 1 atom stereocenters. The van der Waals surface area contributed by atoms with Gasteiger partial charge in [-0.2, -0.15) is 0 Å². The zero-order chi connectivity index (χ0) is 15.8. The van der Waals surface area contributed by atoms with E-state index in [0.29, 0.717) is 0 Å².